The summed E-state index contributed by atoms with van der Waals surface area (Å²) in [5.74, 6) is -0.757. The maximum atomic E-state index is 12.6. The van der Waals surface area contributed by atoms with Gasteiger partial charge in [0.2, 0.25) is 5.91 Å². The molecule has 30 heavy (non-hydrogen) atoms. The van der Waals surface area contributed by atoms with E-state index < -0.39 is 6.10 Å². The van der Waals surface area contributed by atoms with Gasteiger partial charge in [-0.1, -0.05) is 18.2 Å². The lowest BCUT2D eigenvalue weighted by molar-refractivity contribution is -0.122. The van der Waals surface area contributed by atoms with E-state index in [0.29, 0.717) is 12.1 Å². The third-order valence-electron chi connectivity index (χ3n) is 5.66. The van der Waals surface area contributed by atoms with E-state index in [1.807, 2.05) is 49.4 Å². The number of esters is 1. The van der Waals surface area contributed by atoms with Crippen LogP contribution in [0.1, 0.15) is 41.8 Å². The number of hydrogen-bond acceptors (Lipinski definition) is 5. The predicted molar refractivity (Wildman–Crippen MR) is 116 cm³/mol. The van der Waals surface area contributed by atoms with Crippen molar-refractivity contribution in [2.24, 2.45) is 11.7 Å². The Hall–Kier alpha value is -3.41. The van der Waals surface area contributed by atoms with Crippen molar-refractivity contribution in [3.05, 3.63) is 71.9 Å². The van der Waals surface area contributed by atoms with E-state index in [0.717, 1.165) is 41.5 Å². The summed E-state index contributed by atoms with van der Waals surface area (Å²) in [6, 6.07) is 17.1. The van der Waals surface area contributed by atoms with Crippen molar-refractivity contribution >= 4 is 28.5 Å². The highest BCUT2D eigenvalue weighted by Crippen LogP contribution is 2.25. The molecule has 2 aromatic carbocycles. The van der Waals surface area contributed by atoms with Crippen LogP contribution in [0, 0.1) is 5.92 Å². The molecular formula is C24H25N3O3. The average Bonchev–Trinajstić information content (AvgIpc) is 2.78. The van der Waals surface area contributed by atoms with Crippen LogP contribution in [0.5, 0.6) is 0 Å². The van der Waals surface area contributed by atoms with Gasteiger partial charge in [-0.25, -0.2) is 4.79 Å². The number of ether oxygens (including phenoxy) is 1. The van der Waals surface area contributed by atoms with Gasteiger partial charge in [-0.3, -0.25) is 9.78 Å². The molecule has 1 saturated heterocycles. The fourth-order valence-electron chi connectivity index (χ4n) is 3.86. The molecule has 0 spiro atoms. The molecule has 3 aromatic rings. The third-order valence-corrected chi connectivity index (χ3v) is 5.66. The van der Waals surface area contributed by atoms with Crippen molar-refractivity contribution in [2.75, 3.05) is 18.0 Å². The van der Waals surface area contributed by atoms with Crippen LogP contribution in [0.25, 0.3) is 10.9 Å². The number of fused-ring (bicyclic) bond motifs is 1. The smallest absolute Gasteiger partial charge is 0.338 e. The highest BCUT2D eigenvalue weighted by Gasteiger charge is 2.24. The van der Waals surface area contributed by atoms with Crippen LogP contribution < -0.4 is 10.6 Å². The Morgan fingerprint density at radius 3 is 2.70 bits per heavy atom. The second-order valence-electron chi connectivity index (χ2n) is 7.74. The minimum absolute atomic E-state index is 0.125. The van der Waals surface area contributed by atoms with Crippen LogP contribution in [0.15, 0.2) is 60.8 Å². The second kappa shape index (κ2) is 8.53. The summed E-state index contributed by atoms with van der Waals surface area (Å²) in [5, 5.41) is 1.01. The van der Waals surface area contributed by atoms with Crippen LogP contribution in [-0.4, -0.2) is 29.9 Å². The first-order valence-corrected chi connectivity index (χ1v) is 10.2. The Labute approximate surface area is 175 Å². The summed E-state index contributed by atoms with van der Waals surface area (Å²) < 4.78 is 5.65. The van der Waals surface area contributed by atoms with Crippen LogP contribution in [-0.2, 0) is 9.53 Å². The number of piperidine rings is 1. The van der Waals surface area contributed by atoms with Crippen LogP contribution >= 0.6 is 0 Å². The van der Waals surface area contributed by atoms with Gasteiger partial charge in [0.25, 0.3) is 0 Å². The first-order valence-electron chi connectivity index (χ1n) is 10.2. The molecule has 1 amide bonds. The molecule has 4 rings (SSSR count). The molecule has 6 heteroatoms. The van der Waals surface area contributed by atoms with Crippen molar-refractivity contribution in [1.29, 1.82) is 0 Å². The first-order chi connectivity index (χ1) is 14.5. The lowest BCUT2D eigenvalue weighted by Crippen LogP contribution is -2.41. The minimum atomic E-state index is -0.410. The topological polar surface area (TPSA) is 85.5 Å². The van der Waals surface area contributed by atoms with Gasteiger partial charge in [0.15, 0.2) is 0 Å². The van der Waals surface area contributed by atoms with Gasteiger partial charge in [-0.15, -0.1) is 0 Å². The number of pyridine rings is 1. The fourth-order valence-corrected chi connectivity index (χ4v) is 3.86. The van der Waals surface area contributed by atoms with Crippen molar-refractivity contribution in [1.82, 2.24) is 4.98 Å². The molecule has 6 nitrogen and oxygen atoms in total. The molecule has 2 heterocycles. The Balaban J connectivity index is 1.42. The summed E-state index contributed by atoms with van der Waals surface area (Å²) in [5.41, 5.74) is 8.69. The van der Waals surface area contributed by atoms with Crippen LogP contribution in [0.4, 0.5) is 5.69 Å². The number of rotatable bonds is 5. The zero-order chi connectivity index (χ0) is 21.1. The molecule has 0 bridgehead atoms. The molecule has 1 fully saturated rings. The molecule has 0 radical (unpaired) electrons. The molecule has 1 aliphatic rings. The summed E-state index contributed by atoms with van der Waals surface area (Å²) in [4.78, 5) is 30.7. The number of carbonyl (C=O) groups is 2. The molecule has 0 aliphatic carbocycles. The number of para-hydroxylation sites is 1. The first kappa shape index (κ1) is 19.9. The Morgan fingerprint density at radius 2 is 1.93 bits per heavy atom. The summed E-state index contributed by atoms with van der Waals surface area (Å²) in [7, 11) is 0. The number of anilines is 1. The molecular weight excluding hydrogens is 378 g/mol. The van der Waals surface area contributed by atoms with E-state index in [-0.39, 0.29) is 17.8 Å². The maximum absolute atomic E-state index is 12.6. The highest BCUT2D eigenvalue weighted by molar-refractivity contribution is 5.90. The number of nitrogens with two attached hydrogens (primary N) is 1. The quantitative estimate of drug-likeness (QED) is 0.654. The van der Waals surface area contributed by atoms with Crippen molar-refractivity contribution in [3.8, 4) is 0 Å². The summed E-state index contributed by atoms with van der Waals surface area (Å²) >= 11 is 0. The van der Waals surface area contributed by atoms with Gasteiger partial charge in [-0.2, -0.15) is 0 Å². The lowest BCUT2D eigenvalue weighted by atomic mass is 9.97. The summed E-state index contributed by atoms with van der Waals surface area (Å²) in [6.07, 6.45) is 3.09. The Morgan fingerprint density at radius 1 is 1.17 bits per heavy atom. The standard InChI is InChI=1S/C24H25N3O3/c1-16(20-13-18-5-2-3-7-22(18)26-14-20)30-24(29)17-8-10-21(11-9-17)27-12-4-6-19(15-27)23(25)28/h2-3,5,7-11,13-14,16,19H,4,6,12,15H2,1H3,(H2,25,28)/t16-,19+/m0/s1. The van der Waals surface area contributed by atoms with E-state index in [2.05, 4.69) is 9.88 Å². The number of aromatic nitrogens is 1. The molecule has 154 valence electrons. The average molecular weight is 403 g/mol. The second-order valence-corrected chi connectivity index (χ2v) is 7.74. The SMILES string of the molecule is C[C@H](OC(=O)c1ccc(N2CCC[C@@H](C(N)=O)C2)cc1)c1cnc2ccccc2c1. The zero-order valence-electron chi connectivity index (χ0n) is 17.0. The zero-order valence-corrected chi connectivity index (χ0v) is 17.0. The monoisotopic (exact) mass is 403 g/mol. The molecule has 2 N–H and O–H groups in total. The summed E-state index contributed by atoms with van der Waals surface area (Å²) in [6.45, 7) is 3.33. The fraction of sp³-hybridized carbons (Fsp3) is 0.292. The Bertz CT molecular complexity index is 1060. The molecule has 1 aromatic heterocycles. The third kappa shape index (κ3) is 4.27. The normalized spacial score (nSPS) is 17.5. The van der Waals surface area contributed by atoms with E-state index in [1.54, 1.807) is 18.3 Å². The number of benzene rings is 2. The van der Waals surface area contributed by atoms with E-state index in [9.17, 15) is 9.59 Å². The minimum Gasteiger partial charge on any atom is -0.454 e. The van der Waals surface area contributed by atoms with Crippen molar-refractivity contribution in [2.45, 2.75) is 25.9 Å². The van der Waals surface area contributed by atoms with Crippen LogP contribution in [0.2, 0.25) is 0 Å². The van der Waals surface area contributed by atoms with E-state index in [1.165, 1.54) is 0 Å². The number of carbonyl (C=O) groups excluding carboxylic acids is 2. The van der Waals surface area contributed by atoms with Crippen LogP contribution in [0.3, 0.4) is 0 Å². The number of nitrogens with zero attached hydrogens (tertiary/aromatic N) is 2. The van der Waals surface area contributed by atoms with Gasteiger partial charge < -0.3 is 15.4 Å². The largest absolute Gasteiger partial charge is 0.454 e. The Kier molecular flexibility index (Phi) is 5.65. The van der Waals surface area contributed by atoms with E-state index in [4.69, 9.17) is 10.5 Å². The lowest BCUT2D eigenvalue weighted by Gasteiger charge is -2.33. The van der Waals surface area contributed by atoms with Gasteiger partial charge in [0, 0.05) is 35.9 Å². The number of primary amides is 1. The van der Waals surface area contributed by atoms with Crippen molar-refractivity contribution < 1.29 is 14.3 Å². The van der Waals surface area contributed by atoms with Gasteiger partial charge >= 0.3 is 5.97 Å². The molecule has 0 unspecified atom stereocenters. The highest BCUT2D eigenvalue weighted by atomic mass is 16.5. The van der Waals surface area contributed by atoms with Gasteiger partial charge in [0.1, 0.15) is 6.10 Å². The molecule has 0 saturated carbocycles. The number of hydrogen-bond donors (Lipinski definition) is 1. The molecule has 1 aliphatic heterocycles. The molecule has 2 atom stereocenters. The predicted octanol–water partition coefficient (Wildman–Crippen LogP) is 3.85. The maximum Gasteiger partial charge on any atom is 0.338 e. The van der Waals surface area contributed by atoms with E-state index >= 15 is 0 Å². The van der Waals surface area contributed by atoms with Gasteiger partial charge in [0.05, 0.1) is 17.0 Å². The van der Waals surface area contributed by atoms with Crippen molar-refractivity contribution in [3.63, 3.8) is 0 Å². The van der Waals surface area contributed by atoms with Gasteiger partial charge in [-0.05, 0) is 56.2 Å². The number of amides is 1.